The molecule has 3 rings (SSSR count). The van der Waals surface area contributed by atoms with Crippen molar-refractivity contribution in [3.8, 4) is 5.75 Å². The molecule has 1 aromatic rings. The highest BCUT2D eigenvalue weighted by atomic mass is 19.1. The van der Waals surface area contributed by atoms with Crippen molar-refractivity contribution >= 4 is 5.69 Å². The maximum atomic E-state index is 13.4. The van der Waals surface area contributed by atoms with E-state index in [1.54, 1.807) is 6.07 Å². The van der Waals surface area contributed by atoms with E-state index in [0.717, 1.165) is 18.7 Å². The third kappa shape index (κ3) is 2.16. The molecule has 110 valence electrons. The van der Waals surface area contributed by atoms with Crippen molar-refractivity contribution < 1.29 is 14.2 Å². The second-order valence-electron chi connectivity index (χ2n) is 5.98. The molecule has 1 spiro atoms. The Morgan fingerprint density at radius 1 is 1.40 bits per heavy atom. The summed E-state index contributed by atoms with van der Waals surface area (Å²) in [6, 6.07) is 4.85. The summed E-state index contributed by atoms with van der Waals surface area (Å²) in [6.07, 6.45) is 6.22. The van der Waals surface area contributed by atoms with Crippen molar-refractivity contribution in [1.82, 2.24) is 0 Å². The molecule has 2 aliphatic carbocycles. The van der Waals surface area contributed by atoms with Crippen molar-refractivity contribution in [3.63, 3.8) is 0 Å². The molecule has 0 bridgehead atoms. The molecule has 1 aromatic carbocycles. The predicted octanol–water partition coefficient (Wildman–Crippen LogP) is 3.68. The second-order valence-corrected chi connectivity index (χ2v) is 5.98. The van der Waals surface area contributed by atoms with E-state index in [9.17, 15) is 9.50 Å². The third-order valence-electron chi connectivity index (χ3n) is 4.98. The maximum absolute atomic E-state index is 13.4. The molecule has 0 heterocycles. The second kappa shape index (κ2) is 5.24. The van der Waals surface area contributed by atoms with Crippen LogP contribution in [0.4, 0.5) is 10.1 Å². The lowest BCUT2D eigenvalue weighted by atomic mass is 9.60. The van der Waals surface area contributed by atoms with Crippen LogP contribution in [0.1, 0.15) is 39.0 Å². The zero-order valence-corrected chi connectivity index (χ0v) is 11.9. The van der Waals surface area contributed by atoms with Gasteiger partial charge in [-0.1, -0.05) is 12.8 Å². The molecule has 0 aliphatic heterocycles. The molecule has 2 saturated carbocycles. The summed E-state index contributed by atoms with van der Waals surface area (Å²) in [5.74, 6) is -0.872. The van der Waals surface area contributed by atoms with Gasteiger partial charge < -0.3 is 15.2 Å². The molecule has 2 fully saturated rings. The average molecular weight is 279 g/mol. The van der Waals surface area contributed by atoms with Gasteiger partial charge in [0.25, 0.3) is 0 Å². The van der Waals surface area contributed by atoms with E-state index in [-0.39, 0.29) is 11.2 Å². The van der Waals surface area contributed by atoms with E-state index >= 15 is 0 Å². The van der Waals surface area contributed by atoms with Crippen LogP contribution in [0.5, 0.6) is 5.75 Å². The molecule has 0 aromatic heterocycles. The fourth-order valence-electron chi connectivity index (χ4n) is 3.89. The van der Waals surface area contributed by atoms with Gasteiger partial charge >= 0.3 is 0 Å². The van der Waals surface area contributed by atoms with E-state index in [0.29, 0.717) is 12.1 Å². The molecule has 3 nitrogen and oxygen atoms in total. The van der Waals surface area contributed by atoms with Crippen molar-refractivity contribution in [1.29, 1.82) is 0 Å². The largest absolute Gasteiger partial charge is 0.505 e. The number of anilines is 1. The Morgan fingerprint density at radius 2 is 2.15 bits per heavy atom. The van der Waals surface area contributed by atoms with Gasteiger partial charge in [-0.15, -0.1) is 0 Å². The van der Waals surface area contributed by atoms with E-state index in [1.807, 2.05) is 6.92 Å². The quantitative estimate of drug-likeness (QED) is 0.826. The first-order chi connectivity index (χ1) is 9.65. The summed E-state index contributed by atoms with van der Waals surface area (Å²) in [7, 11) is 0. The average Bonchev–Trinajstić information content (AvgIpc) is 2.94. The summed E-state index contributed by atoms with van der Waals surface area (Å²) < 4.78 is 19.3. The number of ether oxygens (including phenoxy) is 1. The Bertz CT molecular complexity index is 485. The minimum absolute atomic E-state index is 0.227. The van der Waals surface area contributed by atoms with Crippen LogP contribution in [0.15, 0.2) is 18.2 Å². The fourth-order valence-corrected chi connectivity index (χ4v) is 3.89. The van der Waals surface area contributed by atoms with Crippen LogP contribution in [0.2, 0.25) is 0 Å². The number of halogens is 1. The van der Waals surface area contributed by atoms with Gasteiger partial charge in [0.2, 0.25) is 0 Å². The summed E-state index contributed by atoms with van der Waals surface area (Å²) in [6.45, 7) is 2.80. The number of phenolic OH excluding ortho intramolecular Hbond substituents is 1. The first-order valence-electron chi connectivity index (χ1n) is 7.52. The van der Waals surface area contributed by atoms with E-state index in [2.05, 4.69) is 5.32 Å². The topological polar surface area (TPSA) is 41.5 Å². The van der Waals surface area contributed by atoms with Crippen LogP contribution in [-0.4, -0.2) is 23.9 Å². The minimum atomic E-state index is -0.573. The van der Waals surface area contributed by atoms with Gasteiger partial charge in [0, 0.05) is 29.8 Å². The number of hydrogen-bond acceptors (Lipinski definition) is 3. The van der Waals surface area contributed by atoms with Gasteiger partial charge in [0.15, 0.2) is 11.6 Å². The third-order valence-corrected chi connectivity index (χ3v) is 4.98. The lowest BCUT2D eigenvalue weighted by molar-refractivity contribution is -0.114. The van der Waals surface area contributed by atoms with Crippen LogP contribution in [-0.2, 0) is 4.74 Å². The van der Waals surface area contributed by atoms with Gasteiger partial charge in [-0.25, -0.2) is 4.39 Å². The molecular weight excluding hydrogens is 257 g/mol. The van der Waals surface area contributed by atoms with Gasteiger partial charge in [0.1, 0.15) is 0 Å². The molecule has 2 aliphatic rings. The standard InChI is InChI=1S/C16H22FNO2/c1-2-20-15-10-14(16(15)7-3-4-8-16)18-11-5-6-13(19)12(17)9-11/h5-6,9,14-15,18-19H,2-4,7-8,10H2,1H3. The zero-order chi connectivity index (χ0) is 14.2. The van der Waals surface area contributed by atoms with Gasteiger partial charge in [-0.3, -0.25) is 0 Å². The molecule has 2 atom stereocenters. The van der Waals surface area contributed by atoms with Crippen LogP contribution < -0.4 is 5.32 Å². The van der Waals surface area contributed by atoms with Crippen molar-refractivity contribution in [3.05, 3.63) is 24.0 Å². The molecule has 0 radical (unpaired) electrons. The Morgan fingerprint density at radius 3 is 2.80 bits per heavy atom. The molecule has 4 heteroatoms. The molecular formula is C16H22FNO2. The molecule has 20 heavy (non-hydrogen) atoms. The smallest absolute Gasteiger partial charge is 0.166 e. The number of rotatable bonds is 4. The van der Waals surface area contributed by atoms with Gasteiger partial charge in [-0.2, -0.15) is 0 Å². The van der Waals surface area contributed by atoms with Crippen LogP contribution in [0, 0.1) is 11.2 Å². The van der Waals surface area contributed by atoms with Crippen molar-refractivity contribution in [2.75, 3.05) is 11.9 Å². The van der Waals surface area contributed by atoms with Crippen molar-refractivity contribution in [2.24, 2.45) is 5.41 Å². The normalized spacial score (nSPS) is 27.5. The Kier molecular flexibility index (Phi) is 3.59. The first kappa shape index (κ1) is 13.7. The number of nitrogens with one attached hydrogen (secondary N) is 1. The molecule has 2 unspecified atom stereocenters. The van der Waals surface area contributed by atoms with Gasteiger partial charge in [-0.05, 0) is 38.3 Å². The summed E-state index contributed by atoms with van der Waals surface area (Å²) in [5.41, 5.74) is 0.969. The summed E-state index contributed by atoms with van der Waals surface area (Å²) in [5, 5.41) is 12.7. The van der Waals surface area contributed by atoms with Crippen LogP contribution >= 0.6 is 0 Å². The zero-order valence-electron chi connectivity index (χ0n) is 11.9. The Labute approximate surface area is 119 Å². The van der Waals surface area contributed by atoms with Crippen LogP contribution in [0.3, 0.4) is 0 Å². The molecule has 0 amide bonds. The Balaban J connectivity index is 1.72. The minimum Gasteiger partial charge on any atom is -0.505 e. The predicted molar refractivity (Wildman–Crippen MR) is 76.4 cm³/mol. The SMILES string of the molecule is CCOC1CC(Nc2ccc(O)c(F)c2)C12CCCC2. The Hall–Kier alpha value is -1.29. The van der Waals surface area contributed by atoms with Crippen LogP contribution in [0.25, 0.3) is 0 Å². The maximum Gasteiger partial charge on any atom is 0.166 e. The van der Waals surface area contributed by atoms with E-state index in [1.165, 1.54) is 37.8 Å². The first-order valence-corrected chi connectivity index (χ1v) is 7.52. The number of phenols is 1. The number of hydrogen-bond donors (Lipinski definition) is 2. The number of benzene rings is 1. The van der Waals surface area contributed by atoms with Crippen molar-refractivity contribution in [2.45, 2.75) is 51.2 Å². The highest BCUT2D eigenvalue weighted by Gasteiger charge is 2.56. The number of aromatic hydroxyl groups is 1. The van der Waals surface area contributed by atoms with Gasteiger partial charge in [0.05, 0.1) is 6.10 Å². The highest BCUT2D eigenvalue weighted by Crippen LogP contribution is 2.55. The molecule has 2 N–H and O–H groups in total. The molecule has 0 saturated heterocycles. The van der Waals surface area contributed by atoms with E-state index in [4.69, 9.17) is 4.74 Å². The van der Waals surface area contributed by atoms with E-state index < -0.39 is 5.82 Å². The lowest BCUT2D eigenvalue weighted by Crippen LogP contribution is -2.60. The summed E-state index contributed by atoms with van der Waals surface area (Å²) in [4.78, 5) is 0. The summed E-state index contributed by atoms with van der Waals surface area (Å²) >= 11 is 0. The fraction of sp³-hybridized carbons (Fsp3) is 0.625. The highest BCUT2D eigenvalue weighted by molar-refractivity contribution is 5.49. The lowest BCUT2D eigenvalue weighted by Gasteiger charge is -2.54. The monoisotopic (exact) mass is 279 g/mol.